The summed E-state index contributed by atoms with van der Waals surface area (Å²) in [6, 6.07) is 17.6. The van der Waals surface area contributed by atoms with Gasteiger partial charge in [-0.05, 0) is 54.4 Å². The van der Waals surface area contributed by atoms with Crippen LogP contribution >= 0.6 is 0 Å². The van der Waals surface area contributed by atoms with E-state index in [4.69, 9.17) is 15.2 Å². The third kappa shape index (κ3) is 5.55. The van der Waals surface area contributed by atoms with Gasteiger partial charge in [0.05, 0.1) is 7.11 Å². The second-order valence-electron chi connectivity index (χ2n) is 6.22. The number of nitrogens with one attached hydrogen (secondary N) is 1. The normalized spacial score (nSPS) is 10.2. The lowest BCUT2D eigenvalue weighted by Crippen LogP contribution is -2.25. The minimum Gasteiger partial charge on any atom is -0.497 e. The number of hydrogen-bond donors (Lipinski definition) is 2. The molecular formula is C22H21N3O4. The van der Waals surface area contributed by atoms with E-state index in [0.717, 1.165) is 5.56 Å². The van der Waals surface area contributed by atoms with E-state index in [0.29, 0.717) is 35.8 Å². The van der Waals surface area contributed by atoms with Gasteiger partial charge in [0.15, 0.2) is 0 Å². The fourth-order valence-electron chi connectivity index (χ4n) is 2.67. The molecule has 0 fully saturated rings. The molecule has 0 spiro atoms. The average Bonchev–Trinajstić information content (AvgIpc) is 2.74. The van der Waals surface area contributed by atoms with Crippen molar-refractivity contribution in [2.24, 2.45) is 5.73 Å². The minimum absolute atomic E-state index is 0.139. The van der Waals surface area contributed by atoms with Gasteiger partial charge in [-0.25, -0.2) is 0 Å². The van der Waals surface area contributed by atoms with Gasteiger partial charge in [-0.1, -0.05) is 12.1 Å². The highest BCUT2D eigenvalue weighted by atomic mass is 16.5. The molecule has 3 rings (SSSR count). The Balaban J connectivity index is 1.56. The lowest BCUT2D eigenvalue weighted by molar-refractivity contribution is 0.0952. The van der Waals surface area contributed by atoms with E-state index in [1.807, 2.05) is 24.3 Å². The first-order chi connectivity index (χ1) is 14.0. The van der Waals surface area contributed by atoms with Gasteiger partial charge in [0, 0.05) is 24.4 Å². The van der Waals surface area contributed by atoms with Crippen LogP contribution in [0.1, 0.15) is 26.4 Å². The predicted octanol–water partition coefficient (Wildman–Crippen LogP) is 2.95. The second kappa shape index (κ2) is 9.36. The Labute approximate surface area is 168 Å². The smallest absolute Gasteiger partial charge is 0.267 e. The van der Waals surface area contributed by atoms with E-state index in [1.165, 1.54) is 12.3 Å². The standard InChI is InChI=1S/C22H21N3O4/c1-28-17-7-5-16(6-8-17)22(27)25-11-9-15-3-2-4-18(13-15)29-19-10-12-24-20(14-19)21(23)26/h2-8,10,12-14H,9,11H2,1H3,(H2,23,26)(H,25,27). The fourth-order valence-corrected chi connectivity index (χ4v) is 2.67. The number of nitrogens with zero attached hydrogens (tertiary/aromatic N) is 1. The molecule has 7 heteroatoms. The van der Waals surface area contributed by atoms with E-state index in [1.54, 1.807) is 37.4 Å². The molecule has 0 atom stereocenters. The Kier molecular flexibility index (Phi) is 6.42. The minimum atomic E-state index is -0.614. The molecule has 3 aromatic rings. The molecule has 29 heavy (non-hydrogen) atoms. The number of ether oxygens (including phenoxy) is 2. The van der Waals surface area contributed by atoms with E-state index >= 15 is 0 Å². The molecular weight excluding hydrogens is 370 g/mol. The SMILES string of the molecule is COc1ccc(C(=O)NCCc2cccc(Oc3ccnc(C(N)=O)c3)c2)cc1. The largest absolute Gasteiger partial charge is 0.497 e. The summed E-state index contributed by atoms with van der Waals surface area (Å²) in [5.41, 5.74) is 6.95. The van der Waals surface area contributed by atoms with Crippen LogP contribution in [0.25, 0.3) is 0 Å². The predicted molar refractivity (Wildman–Crippen MR) is 108 cm³/mol. The van der Waals surface area contributed by atoms with E-state index in [2.05, 4.69) is 10.3 Å². The lowest BCUT2D eigenvalue weighted by Gasteiger charge is -2.09. The van der Waals surface area contributed by atoms with E-state index in [9.17, 15) is 9.59 Å². The Bertz CT molecular complexity index is 1000. The molecule has 0 bridgehead atoms. The second-order valence-corrected chi connectivity index (χ2v) is 6.22. The first-order valence-electron chi connectivity index (χ1n) is 9.00. The number of carbonyl (C=O) groups is 2. The zero-order valence-electron chi connectivity index (χ0n) is 15.9. The number of nitrogens with two attached hydrogens (primary N) is 1. The van der Waals surface area contributed by atoms with Crippen LogP contribution in [0, 0.1) is 0 Å². The summed E-state index contributed by atoms with van der Waals surface area (Å²) in [5.74, 6) is 1.03. The van der Waals surface area contributed by atoms with Crippen molar-refractivity contribution >= 4 is 11.8 Å². The van der Waals surface area contributed by atoms with Crippen molar-refractivity contribution < 1.29 is 19.1 Å². The maximum atomic E-state index is 12.2. The van der Waals surface area contributed by atoms with Crippen molar-refractivity contribution in [1.29, 1.82) is 0 Å². The molecule has 1 aromatic heterocycles. The van der Waals surface area contributed by atoms with Gasteiger partial charge in [0.2, 0.25) is 0 Å². The Morgan fingerprint density at radius 2 is 1.76 bits per heavy atom. The van der Waals surface area contributed by atoms with Gasteiger partial charge in [-0.3, -0.25) is 14.6 Å². The highest BCUT2D eigenvalue weighted by Gasteiger charge is 2.07. The molecule has 2 amide bonds. The molecule has 0 unspecified atom stereocenters. The zero-order chi connectivity index (χ0) is 20.6. The Morgan fingerprint density at radius 3 is 2.48 bits per heavy atom. The van der Waals surface area contributed by atoms with Crippen molar-refractivity contribution in [3.05, 3.63) is 83.7 Å². The van der Waals surface area contributed by atoms with Crippen LogP contribution in [0.3, 0.4) is 0 Å². The van der Waals surface area contributed by atoms with Gasteiger partial charge in [-0.15, -0.1) is 0 Å². The number of primary amides is 1. The van der Waals surface area contributed by atoms with Crippen LogP contribution < -0.4 is 20.5 Å². The maximum Gasteiger partial charge on any atom is 0.267 e. The summed E-state index contributed by atoms with van der Waals surface area (Å²) in [4.78, 5) is 27.3. The summed E-state index contributed by atoms with van der Waals surface area (Å²) in [6.45, 7) is 0.482. The van der Waals surface area contributed by atoms with Crippen LogP contribution in [0.15, 0.2) is 66.9 Å². The van der Waals surface area contributed by atoms with Gasteiger partial charge in [0.25, 0.3) is 11.8 Å². The lowest BCUT2D eigenvalue weighted by atomic mass is 10.1. The zero-order valence-corrected chi connectivity index (χ0v) is 15.9. The number of methoxy groups -OCH3 is 1. The van der Waals surface area contributed by atoms with Gasteiger partial charge < -0.3 is 20.5 Å². The van der Waals surface area contributed by atoms with Crippen molar-refractivity contribution in [2.75, 3.05) is 13.7 Å². The van der Waals surface area contributed by atoms with Crippen LogP contribution in [-0.2, 0) is 6.42 Å². The molecule has 2 aromatic carbocycles. The summed E-state index contributed by atoms with van der Waals surface area (Å²) >= 11 is 0. The maximum absolute atomic E-state index is 12.2. The summed E-state index contributed by atoms with van der Waals surface area (Å²) < 4.78 is 10.9. The summed E-state index contributed by atoms with van der Waals surface area (Å²) in [7, 11) is 1.58. The number of pyridine rings is 1. The Hall–Kier alpha value is -3.87. The summed E-state index contributed by atoms with van der Waals surface area (Å²) in [6.07, 6.45) is 2.11. The number of hydrogen-bond acceptors (Lipinski definition) is 5. The number of benzene rings is 2. The van der Waals surface area contributed by atoms with Gasteiger partial charge in [0.1, 0.15) is 22.9 Å². The van der Waals surface area contributed by atoms with Gasteiger partial charge in [-0.2, -0.15) is 0 Å². The van der Waals surface area contributed by atoms with E-state index < -0.39 is 5.91 Å². The van der Waals surface area contributed by atoms with Crippen molar-refractivity contribution in [3.8, 4) is 17.2 Å². The first-order valence-corrected chi connectivity index (χ1v) is 9.00. The summed E-state index contributed by atoms with van der Waals surface area (Å²) in [5, 5.41) is 2.89. The van der Waals surface area contributed by atoms with Crippen molar-refractivity contribution in [3.63, 3.8) is 0 Å². The van der Waals surface area contributed by atoms with Crippen molar-refractivity contribution in [2.45, 2.75) is 6.42 Å². The van der Waals surface area contributed by atoms with E-state index in [-0.39, 0.29) is 11.6 Å². The number of carbonyl (C=O) groups excluding carboxylic acids is 2. The molecule has 0 aliphatic carbocycles. The third-order valence-electron chi connectivity index (χ3n) is 4.17. The molecule has 148 valence electrons. The molecule has 3 N–H and O–H groups in total. The Morgan fingerprint density at radius 1 is 1.00 bits per heavy atom. The van der Waals surface area contributed by atoms with Crippen molar-refractivity contribution in [1.82, 2.24) is 10.3 Å². The highest BCUT2D eigenvalue weighted by molar-refractivity contribution is 5.94. The average molecular weight is 391 g/mol. The monoisotopic (exact) mass is 391 g/mol. The number of aromatic nitrogens is 1. The van der Waals surface area contributed by atoms with Crippen LogP contribution in [-0.4, -0.2) is 30.5 Å². The first kappa shape index (κ1) is 19.9. The topological polar surface area (TPSA) is 104 Å². The third-order valence-corrected chi connectivity index (χ3v) is 4.17. The molecule has 0 radical (unpaired) electrons. The van der Waals surface area contributed by atoms with Crippen LogP contribution in [0.2, 0.25) is 0 Å². The van der Waals surface area contributed by atoms with Gasteiger partial charge >= 0.3 is 0 Å². The fraction of sp³-hybridized carbons (Fsp3) is 0.136. The van der Waals surface area contributed by atoms with Crippen LogP contribution in [0.5, 0.6) is 17.2 Å². The number of rotatable bonds is 8. The molecule has 7 nitrogen and oxygen atoms in total. The number of amides is 2. The molecule has 1 heterocycles. The molecule has 0 aliphatic rings. The molecule has 0 saturated carbocycles. The molecule has 0 saturated heterocycles. The van der Waals surface area contributed by atoms with Crippen LogP contribution in [0.4, 0.5) is 0 Å². The highest BCUT2D eigenvalue weighted by Crippen LogP contribution is 2.22. The molecule has 0 aliphatic heterocycles. The quantitative estimate of drug-likeness (QED) is 0.614.